The van der Waals surface area contributed by atoms with Crippen molar-refractivity contribution in [2.75, 3.05) is 33.0 Å². The van der Waals surface area contributed by atoms with E-state index < -0.39 is 41.5 Å². The molecule has 3 aromatic heterocycles. The first-order chi connectivity index (χ1) is 31.5. The van der Waals surface area contributed by atoms with Gasteiger partial charge in [0.05, 0.1) is 41.1 Å². The maximum Gasteiger partial charge on any atom is 0.246 e. The number of H-pyrrole nitrogens is 1. The number of aromatic amines is 1. The van der Waals surface area contributed by atoms with E-state index in [2.05, 4.69) is 30.8 Å². The molecule has 0 bridgehead atoms. The number of likely N-dealkylation sites (tertiary alicyclic amines) is 1. The van der Waals surface area contributed by atoms with Crippen molar-refractivity contribution in [1.82, 2.24) is 40.3 Å². The summed E-state index contributed by atoms with van der Waals surface area (Å²) in [6.45, 7) is 13.9. The normalized spacial score (nSPS) is 17.4. The fourth-order valence-electron chi connectivity index (χ4n) is 8.33. The van der Waals surface area contributed by atoms with E-state index >= 15 is 0 Å². The summed E-state index contributed by atoms with van der Waals surface area (Å²) in [6, 6.07) is 12.9. The second kappa shape index (κ2) is 20.9. The van der Waals surface area contributed by atoms with E-state index in [4.69, 9.17) is 26.1 Å². The third kappa shape index (κ3) is 11.1. The quantitative estimate of drug-likeness (QED) is 0.0746. The fraction of sp³-hybridized carbons (Fsp3) is 0.458. The van der Waals surface area contributed by atoms with Crippen LogP contribution >= 0.6 is 22.9 Å². The molecule has 0 saturated carbocycles. The van der Waals surface area contributed by atoms with E-state index in [0.717, 1.165) is 55.6 Å². The Balaban J connectivity index is 0.852. The van der Waals surface area contributed by atoms with Crippen molar-refractivity contribution in [1.29, 1.82) is 0 Å². The fourth-order valence-corrected chi connectivity index (χ4v) is 9.26. The van der Waals surface area contributed by atoms with Gasteiger partial charge in [0.2, 0.25) is 17.7 Å². The molecule has 3 amide bonds. The van der Waals surface area contributed by atoms with E-state index in [9.17, 15) is 24.3 Å². The standard InChI is InChI=1S/C48H58ClN9O7S/c1-27-28(2)52-45-40(27)41(32-14-16-34(49)17-15-32)53-37(44-56-55-30(4)58(44)45)21-35(59)9-8-18-64-19-20-65-25-39(61)54-43(48(5,6)7)47(63)57-24-36(60)22-38(57)46(62)50-23-31-10-12-33(13-11-31)42-29(3)51-26-66-42/h10-17,26,36-38,43,52,60H,8-9,18-25H2,1-7H3,(H,50,62)(H,54,61)/t36-,37?,38+,43?/m1/s1. The predicted molar refractivity (Wildman–Crippen MR) is 252 cm³/mol. The lowest BCUT2D eigenvalue weighted by Gasteiger charge is -2.35. The molecule has 2 aliphatic rings. The minimum atomic E-state index is -0.988. The summed E-state index contributed by atoms with van der Waals surface area (Å²) in [6.07, 6.45) is 0.0720. The number of amides is 3. The molecule has 4 atom stereocenters. The first-order valence-corrected chi connectivity index (χ1v) is 23.4. The first-order valence-electron chi connectivity index (χ1n) is 22.2. The van der Waals surface area contributed by atoms with Crippen LogP contribution in [0.3, 0.4) is 0 Å². The van der Waals surface area contributed by atoms with Crippen LogP contribution in [0.4, 0.5) is 0 Å². The number of Topliss-reactive ketones (excluding diaryl/α,β-unsaturated/α-hetero) is 1. The SMILES string of the molecule is Cc1ncsc1-c1ccc(CNC(=O)[C@@H]2C[C@@H](O)CN2C(=O)C(NC(=O)COCCOCCCC(=O)CC2N=C(c3ccc(Cl)cc3)c3c([nH]c(C)c3C)-n3c(C)nnc32)C(C)(C)C)cc1. The van der Waals surface area contributed by atoms with Gasteiger partial charge in [0.1, 0.15) is 42.2 Å². The van der Waals surface area contributed by atoms with Crippen LogP contribution in [0.1, 0.15) is 97.8 Å². The third-order valence-corrected chi connectivity index (χ3v) is 13.2. The minimum Gasteiger partial charge on any atom is -0.391 e. The Kier molecular flexibility index (Phi) is 15.3. The van der Waals surface area contributed by atoms with Crippen molar-refractivity contribution in [3.05, 3.63) is 104 Å². The number of aliphatic hydroxyl groups excluding tert-OH is 1. The number of hydrogen-bond acceptors (Lipinski definition) is 12. The summed E-state index contributed by atoms with van der Waals surface area (Å²) in [7, 11) is 0. The number of carbonyl (C=O) groups excluding carboxylic acids is 4. The molecule has 0 aliphatic carbocycles. The average molecular weight is 941 g/mol. The number of nitrogens with one attached hydrogen (secondary N) is 3. The van der Waals surface area contributed by atoms with Gasteiger partial charge in [-0.15, -0.1) is 21.5 Å². The van der Waals surface area contributed by atoms with Gasteiger partial charge in [0, 0.05) is 60.8 Å². The van der Waals surface area contributed by atoms with Gasteiger partial charge in [-0.3, -0.25) is 28.7 Å². The molecule has 0 spiro atoms. The molecule has 4 N–H and O–H groups in total. The molecular weight excluding hydrogens is 882 g/mol. The number of β-amino-alcohol motifs (C(OH)–C–C–N with tert-alkyl or cyclic N) is 1. The van der Waals surface area contributed by atoms with Gasteiger partial charge in [0.15, 0.2) is 5.82 Å². The Morgan fingerprint density at radius 3 is 2.38 bits per heavy atom. The number of aliphatic imine (C=N–C) groups is 1. The number of benzene rings is 2. The number of carbonyl (C=O) groups is 4. The second-order valence-electron chi connectivity index (χ2n) is 18.0. The van der Waals surface area contributed by atoms with Crippen LogP contribution in [-0.4, -0.2) is 115 Å². The zero-order chi connectivity index (χ0) is 47.3. The summed E-state index contributed by atoms with van der Waals surface area (Å²) < 4.78 is 13.3. The Bertz CT molecular complexity index is 2580. The maximum atomic E-state index is 14.0. The number of aryl methyl sites for hydroxylation is 3. The number of hydrogen-bond donors (Lipinski definition) is 4. The summed E-state index contributed by atoms with van der Waals surface area (Å²) in [5, 5.41) is 25.7. The highest BCUT2D eigenvalue weighted by atomic mass is 35.5. The number of ketones is 1. The van der Waals surface area contributed by atoms with Crippen LogP contribution in [-0.2, 0) is 35.2 Å². The summed E-state index contributed by atoms with van der Waals surface area (Å²) in [5.41, 5.74) is 8.58. The molecule has 350 valence electrons. The number of halogens is 1. The zero-order valence-corrected chi connectivity index (χ0v) is 40.0. The molecule has 66 heavy (non-hydrogen) atoms. The highest BCUT2D eigenvalue weighted by molar-refractivity contribution is 7.13. The van der Waals surface area contributed by atoms with Gasteiger partial charge in [0.25, 0.3) is 0 Å². The molecule has 16 nitrogen and oxygen atoms in total. The smallest absolute Gasteiger partial charge is 0.246 e. The molecule has 18 heteroatoms. The maximum absolute atomic E-state index is 14.0. The highest BCUT2D eigenvalue weighted by Gasteiger charge is 2.44. The van der Waals surface area contributed by atoms with Crippen molar-refractivity contribution < 1.29 is 33.8 Å². The molecule has 2 aromatic carbocycles. The molecular formula is C48H58ClN9O7S. The molecule has 2 aliphatic heterocycles. The van der Waals surface area contributed by atoms with Gasteiger partial charge in [-0.05, 0) is 68.4 Å². The van der Waals surface area contributed by atoms with Gasteiger partial charge in [-0.1, -0.05) is 68.8 Å². The van der Waals surface area contributed by atoms with Crippen LogP contribution in [0.15, 0.2) is 59.0 Å². The second-order valence-corrected chi connectivity index (χ2v) is 19.3. The van der Waals surface area contributed by atoms with Crippen LogP contribution in [0.5, 0.6) is 0 Å². The molecule has 0 radical (unpaired) electrons. The van der Waals surface area contributed by atoms with Crippen molar-refractivity contribution in [3.63, 3.8) is 0 Å². The molecule has 1 fully saturated rings. The Morgan fingerprint density at radius 2 is 1.68 bits per heavy atom. The number of nitrogens with zero attached hydrogens (tertiary/aromatic N) is 6. The molecule has 7 rings (SSSR count). The Labute approximate surface area is 393 Å². The van der Waals surface area contributed by atoms with E-state index in [1.54, 1.807) is 11.3 Å². The number of rotatable bonds is 18. The number of aromatic nitrogens is 5. The van der Waals surface area contributed by atoms with E-state index in [1.807, 2.05) is 107 Å². The van der Waals surface area contributed by atoms with Crippen molar-refractivity contribution in [3.8, 4) is 16.3 Å². The topological polar surface area (TPSA) is 206 Å². The largest absolute Gasteiger partial charge is 0.391 e. The lowest BCUT2D eigenvalue weighted by atomic mass is 9.85. The number of aliphatic hydroxyl groups is 1. The van der Waals surface area contributed by atoms with Crippen LogP contribution in [0.2, 0.25) is 5.02 Å². The lowest BCUT2D eigenvalue weighted by Crippen LogP contribution is -2.58. The van der Waals surface area contributed by atoms with Crippen LogP contribution in [0, 0.1) is 33.1 Å². The summed E-state index contributed by atoms with van der Waals surface area (Å²) in [4.78, 5) is 69.4. The number of ether oxygens (including phenoxy) is 2. The van der Waals surface area contributed by atoms with Gasteiger partial charge in [-0.25, -0.2) is 4.98 Å². The first kappa shape index (κ1) is 48.3. The van der Waals surface area contributed by atoms with Crippen molar-refractivity contribution in [2.45, 2.75) is 105 Å². The molecule has 1 saturated heterocycles. The monoisotopic (exact) mass is 939 g/mol. The van der Waals surface area contributed by atoms with Crippen molar-refractivity contribution in [2.24, 2.45) is 10.4 Å². The average Bonchev–Trinajstić information content (AvgIpc) is 4.05. The van der Waals surface area contributed by atoms with Gasteiger partial charge in [-0.2, -0.15) is 0 Å². The Morgan fingerprint density at radius 1 is 0.970 bits per heavy atom. The molecule has 5 aromatic rings. The number of fused-ring (bicyclic) bond motifs is 3. The molecule has 5 heterocycles. The third-order valence-electron chi connectivity index (χ3n) is 12.0. The van der Waals surface area contributed by atoms with E-state index in [0.29, 0.717) is 29.7 Å². The van der Waals surface area contributed by atoms with Crippen LogP contribution in [0.25, 0.3) is 16.3 Å². The number of thiazole rings is 1. The summed E-state index contributed by atoms with van der Waals surface area (Å²) in [5.74, 6) is 0.744. The summed E-state index contributed by atoms with van der Waals surface area (Å²) >= 11 is 7.80. The van der Waals surface area contributed by atoms with Crippen LogP contribution < -0.4 is 10.6 Å². The van der Waals surface area contributed by atoms with E-state index in [-0.39, 0.29) is 63.9 Å². The van der Waals surface area contributed by atoms with Crippen molar-refractivity contribution >= 4 is 52.2 Å². The van der Waals surface area contributed by atoms with Gasteiger partial charge >= 0.3 is 0 Å². The Hall–Kier alpha value is -5.59. The minimum absolute atomic E-state index is 0.00360. The molecule has 2 unspecified atom stereocenters. The lowest BCUT2D eigenvalue weighted by molar-refractivity contribution is -0.144. The zero-order valence-electron chi connectivity index (χ0n) is 38.4. The predicted octanol–water partition coefficient (Wildman–Crippen LogP) is 6.08. The van der Waals surface area contributed by atoms with Gasteiger partial charge < -0.3 is 35.1 Å². The van der Waals surface area contributed by atoms with E-state index in [1.165, 1.54) is 4.90 Å². The highest BCUT2D eigenvalue weighted by Crippen LogP contribution is 2.36.